The lowest BCUT2D eigenvalue weighted by Crippen LogP contribution is -2.32. The van der Waals surface area contributed by atoms with Gasteiger partial charge >= 0.3 is 0 Å². The van der Waals surface area contributed by atoms with Crippen molar-refractivity contribution in [3.63, 3.8) is 0 Å². The lowest BCUT2D eigenvalue weighted by Gasteiger charge is -2.07. The minimum absolute atomic E-state index is 0.189. The van der Waals surface area contributed by atoms with Gasteiger partial charge in [-0.2, -0.15) is 0 Å². The molecule has 86 valence electrons. The zero-order chi connectivity index (χ0) is 10.7. The molecule has 15 heavy (non-hydrogen) atoms. The molecule has 2 rings (SSSR count). The van der Waals surface area contributed by atoms with Gasteiger partial charge in [-0.15, -0.1) is 0 Å². The Morgan fingerprint density at radius 1 is 1.47 bits per heavy atom. The SMILES string of the molecule is CCOCCCC(=O)NC1C2CNCC21. The number of piperidine rings is 1. The summed E-state index contributed by atoms with van der Waals surface area (Å²) < 4.78 is 5.19. The maximum Gasteiger partial charge on any atom is 0.220 e. The molecule has 2 N–H and O–H groups in total. The standard InChI is InChI=1S/C11H20N2O2/c1-2-15-5-3-4-10(14)13-11-8-6-12-7-9(8)11/h8-9,11-12H,2-7H2,1H3,(H,13,14). The van der Waals surface area contributed by atoms with Crippen molar-refractivity contribution in [2.75, 3.05) is 26.3 Å². The van der Waals surface area contributed by atoms with Crippen LogP contribution in [0.4, 0.5) is 0 Å². The minimum atomic E-state index is 0.189. The van der Waals surface area contributed by atoms with Gasteiger partial charge in [0.25, 0.3) is 0 Å². The van der Waals surface area contributed by atoms with E-state index in [1.54, 1.807) is 0 Å². The molecule has 1 aliphatic heterocycles. The molecule has 2 unspecified atom stereocenters. The van der Waals surface area contributed by atoms with Crippen molar-refractivity contribution in [3.8, 4) is 0 Å². The number of ether oxygens (including phenoxy) is 1. The summed E-state index contributed by atoms with van der Waals surface area (Å²) in [5, 5.41) is 6.41. The molecule has 4 nitrogen and oxygen atoms in total. The second-order valence-corrected chi connectivity index (χ2v) is 4.38. The predicted octanol–water partition coefficient (Wildman–Crippen LogP) is 0.137. The van der Waals surface area contributed by atoms with Gasteiger partial charge < -0.3 is 15.4 Å². The summed E-state index contributed by atoms with van der Waals surface area (Å²) in [6.07, 6.45) is 1.43. The van der Waals surface area contributed by atoms with Crippen LogP contribution in [0.2, 0.25) is 0 Å². The van der Waals surface area contributed by atoms with E-state index in [-0.39, 0.29) is 5.91 Å². The summed E-state index contributed by atoms with van der Waals surface area (Å²) >= 11 is 0. The minimum Gasteiger partial charge on any atom is -0.382 e. The van der Waals surface area contributed by atoms with E-state index in [0.717, 1.165) is 26.1 Å². The van der Waals surface area contributed by atoms with Crippen LogP contribution in [0.1, 0.15) is 19.8 Å². The molecule has 4 heteroatoms. The van der Waals surface area contributed by atoms with E-state index in [1.165, 1.54) is 0 Å². The third-order valence-electron chi connectivity index (χ3n) is 3.32. The first-order chi connectivity index (χ1) is 7.33. The number of carbonyl (C=O) groups is 1. The second kappa shape index (κ2) is 4.94. The topological polar surface area (TPSA) is 50.4 Å². The molecule has 0 aromatic rings. The van der Waals surface area contributed by atoms with Gasteiger partial charge in [0.05, 0.1) is 0 Å². The van der Waals surface area contributed by atoms with Gasteiger partial charge in [-0.1, -0.05) is 0 Å². The normalized spacial score (nSPS) is 32.5. The van der Waals surface area contributed by atoms with E-state index in [4.69, 9.17) is 4.74 Å². The highest BCUT2D eigenvalue weighted by atomic mass is 16.5. The Labute approximate surface area is 90.8 Å². The van der Waals surface area contributed by atoms with Crippen LogP contribution in [-0.4, -0.2) is 38.3 Å². The van der Waals surface area contributed by atoms with Crippen molar-refractivity contribution in [1.29, 1.82) is 0 Å². The van der Waals surface area contributed by atoms with Crippen LogP contribution in [0.5, 0.6) is 0 Å². The van der Waals surface area contributed by atoms with E-state index in [1.807, 2.05) is 6.92 Å². The van der Waals surface area contributed by atoms with Crippen molar-refractivity contribution in [3.05, 3.63) is 0 Å². The number of nitrogens with one attached hydrogen (secondary N) is 2. The van der Waals surface area contributed by atoms with Gasteiger partial charge in [-0.25, -0.2) is 0 Å². The number of fused-ring (bicyclic) bond motifs is 1. The Bertz CT molecular complexity index is 223. The number of hydrogen-bond acceptors (Lipinski definition) is 3. The molecule has 0 aromatic heterocycles. The average Bonchev–Trinajstić information content (AvgIpc) is 2.69. The van der Waals surface area contributed by atoms with Crippen molar-refractivity contribution in [2.24, 2.45) is 11.8 Å². The lowest BCUT2D eigenvalue weighted by atomic mass is 10.3. The fourth-order valence-electron chi connectivity index (χ4n) is 2.37. The van der Waals surface area contributed by atoms with E-state index in [0.29, 0.717) is 30.9 Å². The number of carbonyl (C=O) groups excluding carboxylic acids is 1. The highest BCUT2D eigenvalue weighted by Gasteiger charge is 2.53. The number of hydrogen-bond donors (Lipinski definition) is 2. The highest BCUT2D eigenvalue weighted by molar-refractivity contribution is 5.76. The van der Waals surface area contributed by atoms with Gasteiger partial charge in [0.1, 0.15) is 0 Å². The molecule has 0 bridgehead atoms. The van der Waals surface area contributed by atoms with Gasteiger partial charge in [0.2, 0.25) is 5.91 Å². The first-order valence-electron chi connectivity index (χ1n) is 5.90. The molecule has 1 aliphatic carbocycles. The Hall–Kier alpha value is -0.610. The van der Waals surface area contributed by atoms with E-state index >= 15 is 0 Å². The van der Waals surface area contributed by atoms with E-state index in [9.17, 15) is 4.79 Å². The van der Waals surface area contributed by atoms with Crippen LogP contribution in [0.25, 0.3) is 0 Å². The maximum absolute atomic E-state index is 11.5. The molecule has 1 saturated carbocycles. The summed E-state index contributed by atoms with van der Waals surface area (Å²) in [6, 6.07) is 0.464. The molecule has 2 fully saturated rings. The quantitative estimate of drug-likeness (QED) is 0.616. The molecule has 1 amide bonds. The molecule has 1 heterocycles. The van der Waals surface area contributed by atoms with Crippen LogP contribution in [-0.2, 0) is 9.53 Å². The molecule has 0 spiro atoms. The third kappa shape index (κ3) is 2.69. The lowest BCUT2D eigenvalue weighted by molar-refractivity contribution is -0.121. The molecular weight excluding hydrogens is 192 g/mol. The van der Waals surface area contributed by atoms with Crippen molar-refractivity contribution in [1.82, 2.24) is 10.6 Å². The Balaban J connectivity index is 1.54. The smallest absolute Gasteiger partial charge is 0.220 e. The van der Waals surface area contributed by atoms with Crippen LogP contribution in [0.15, 0.2) is 0 Å². The summed E-state index contributed by atoms with van der Waals surface area (Å²) in [6.45, 7) is 5.56. The molecule has 1 saturated heterocycles. The van der Waals surface area contributed by atoms with Gasteiger partial charge in [-0.05, 0) is 25.2 Å². The first kappa shape index (κ1) is 10.9. The molecule has 0 radical (unpaired) electrons. The fourth-order valence-corrected chi connectivity index (χ4v) is 2.37. The van der Waals surface area contributed by atoms with E-state index < -0.39 is 0 Å². The Morgan fingerprint density at radius 3 is 2.87 bits per heavy atom. The Kier molecular flexibility index (Phi) is 3.59. The summed E-state index contributed by atoms with van der Waals surface area (Å²) in [7, 11) is 0. The molecule has 0 aromatic carbocycles. The van der Waals surface area contributed by atoms with Gasteiger partial charge in [0.15, 0.2) is 0 Å². The molecule has 2 atom stereocenters. The van der Waals surface area contributed by atoms with Crippen molar-refractivity contribution >= 4 is 5.91 Å². The number of amides is 1. The fraction of sp³-hybridized carbons (Fsp3) is 0.909. The zero-order valence-corrected chi connectivity index (χ0v) is 9.29. The van der Waals surface area contributed by atoms with Crippen LogP contribution in [0, 0.1) is 11.8 Å². The average molecular weight is 212 g/mol. The Morgan fingerprint density at radius 2 is 2.20 bits per heavy atom. The molecule has 2 aliphatic rings. The largest absolute Gasteiger partial charge is 0.382 e. The highest BCUT2D eigenvalue weighted by Crippen LogP contribution is 2.41. The zero-order valence-electron chi connectivity index (χ0n) is 9.29. The summed E-state index contributed by atoms with van der Waals surface area (Å²) in [5.74, 6) is 1.61. The van der Waals surface area contributed by atoms with Crippen molar-refractivity contribution < 1.29 is 9.53 Å². The van der Waals surface area contributed by atoms with E-state index in [2.05, 4.69) is 10.6 Å². The van der Waals surface area contributed by atoms with Crippen LogP contribution < -0.4 is 10.6 Å². The van der Waals surface area contributed by atoms with Gasteiger partial charge in [0, 0.05) is 38.8 Å². The van der Waals surface area contributed by atoms with Crippen LogP contribution in [0.3, 0.4) is 0 Å². The number of rotatable bonds is 6. The summed E-state index contributed by atoms with van der Waals surface area (Å²) in [4.78, 5) is 11.5. The van der Waals surface area contributed by atoms with Gasteiger partial charge in [-0.3, -0.25) is 4.79 Å². The first-order valence-corrected chi connectivity index (χ1v) is 5.90. The van der Waals surface area contributed by atoms with Crippen molar-refractivity contribution in [2.45, 2.75) is 25.8 Å². The monoisotopic (exact) mass is 212 g/mol. The predicted molar refractivity (Wildman–Crippen MR) is 57.5 cm³/mol. The van der Waals surface area contributed by atoms with Crippen LogP contribution >= 0.6 is 0 Å². The summed E-state index contributed by atoms with van der Waals surface area (Å²) in [5.41, 5.74) is 0. The third-order valence-corrected chi connectivity index (χ3v) is 3.32. The maximum atomic E-state index is 11.5. The second-order valence-electron chi connectivity index (χ2n) is 4.38. The molecular formula is C11H20N2O2.